The number of sulfonamides is 1. The zero-order valence-corrected chi connectivity index (χ0v) is 16.2. The van der Waals surface area contributed by atoms with Crippen molar-refractivity contribution in [3.8, 4) is 0 Å². The smallest absolute Gasteiger partial charge is 0.232 e. The summed E-state index contributed by atoms with van der Waals surface area (Å²) in [7, 11) is -3.43. The van der Waals surface area contributed by atoms with E-state index in [-0.39, 0.29) is 24.3 Å². The molecule has 0 saturated carbocycles. The number of carbonyl (C=O) groups excluding carboxylic acids is 1. The normalized spacial score (nSPS) is 12.0. The number of hydrogen-bond donors (Lipinski definition) is 1. The number of benzene rings is 1. The van der Waals surface area contributed by atoms with Crippen molar-refractivity contribution in [1.82, 2.24) is 5.32 Å². The molecule has 0 aromatic heterocycles. The molecule has 1 amide bonds. The van der Waals surface area contributed by atoms with Gasteiger partial charge in [0.15, 0.2) is 0 Å². The molecule has 0 aliphatic heterocycles. The number of unbranched alkanes of at least 4 members (excludes halogenated alkanes) is 1. The molecule has 24 heavy (non-hydrogen) atoms. The Hall–Kier alpha value is -1.56. The maximum atomic E-state index is 12.1. The van der Waals surface area contributed by atoms with Crippen LogP contribution < -0.4 is 9.62 Å². The van der Waals surface area contributed by atoms with Crippen LogP contribution in [0.5, 0.6) is 0 Å². The van der Waals surface area contributed by atoms with Crippen LogP contribution in [-0.2, 0) is 20.2 Å². The summed E-state index contributed by atoms with van der Waals surface area (Å²) in [5, 5.41) is 2.81. The highest BCUT2D eigenvalue weighted by atomic mass is 32.2. The first kappa shape index (κ1) is 20.5. The quantitative estimate of drug-likeness (QED) is 0.730. The van der Waals surface area contributed by atoms with E-state index in [1.807, 2.05) is 12.1 Å². The van der Waals surface area contributed by atoms with Crippen LogP contribution >= 0.6 is 0 Å². The van der Waals surface area contributed by atoms with Crippen molar-refractivity contribution in [3.63, 3.8) is 0 Å². The van der Waals surface area contributed by atoms with Crippen LogP contribution in [0.3, 0.4) is 0 Å². The molecule has 1 aromatic carbocycles. The molecule has 0 spiro atoms. The molecular weight excluding hydrogens is 324 g/mol. The van der Waals surface area contributed by atoms with Gasteiger partial charge in [0.25, 0.3) is 0 Å². The molecule has 0 aliphatic rings. The van der Waals surface area contributed by atoms with Gasteiger partial charge in [-0.25, -0.2) is 8.42 Å². The SMILES string of the molecule is CCCCNC(=O)CCN(c1ccc(C(C)(C)C)cc1)S(C)(=O)=O. The van der Waals surface area contributed by atoms with E-state index in [1.54, 1.807) is 12.1 Å². The van der Waals surface area contributed by atoms with E-state index in [4.69, 9.17) is 0 Å². The van der Waals surface area contributed by atoms with Crippen molar-refractivity contribution < 1.29 is 13.2 Å². The second-order valence-corrected chi connectivity index (χ2v) is 8.99. The zero-order chi connectivity index (χ0) is 18.4. The summed E-state index contributed by atoms with van der Waals surface area (Å²) in [6.07, 6.45) is 3.25. The lowest BCUT2D eigenvalue weighted by atomic mass is 9.87. The van der Waals surface area contributed by atoms with Crippen molar-refractivity contribution in [1.29, 1.82) is 0 Å². The van der Waals surface area contributed by atoms with Crippen molar-refractivity contribution in [2.45, 2.75) is 52.4 Å². The summed E-state index contributed by atoms with van der Waals surface area (Å²) in [5.41, 5.74) is 1.73. The van der Waals surface area contributed by atoms with Crippen LogP contribution in [0.4, 0.5) is 5.69 Å². The van der Waals surface area contributed by atoms with E-state index in [0.717, 1.165) is 18.4 Å². The van der Waals surface area contributed by atoms with Crippen LogP contribution in [0.25, 0.3) is 0 Å². The van der Waals surface area contributed by atoms with Gasteiger partial charge in [0.1, 0.15) is 0 Å². The van der Waals surface area contributed by atoms with Gasteiger partial charge in [-0.3, -0.25) is 9.10 Å². The van der Waals surface area contributed by atoms with E-state index in [9.17, 15) is 13.2 Å². The highest BCUT2D eigenvalue weighted by Gasteiger charge is 2.20. The van der Waals surface area contributed by atoms with E-state index >= 15 is 0 Å². The Morgan fingerprint density at radius 3 is 2.21 bits per heavy atom. The van der Waals surface area contributed by atoms with Crippen LogP contribution in [0.15, 0.2) is 24.3 Å². The first-order chi connectivity index (χ1) is 11.1. The molecule has 1 aromatic rings. The van der Waals surface area contributed by atoms with E-state index in [0.29, 0.717) is 12.2 Å². The topological polar surface area (TPSA) is 66.5 Å². The van der Waals surface area contributed by atoms with Crippen LogP contribution in [0.2, 0.25) is 0 Å². The number of hydrogen-bond acceptors (Lipinski definition) is 3. The van der Waals surface area contributed by atoms with E-state index in [1.165, 1.54) is 10.6 Å². The largest absolute Gasteiger partial charge is 0.356 e. The van der Waals surface area contributed by atoms with Gasteiger partial charge >= 0.3 is 0 Å². The Kier molecular flexibility index (Phi) is 7.27. The third-order valence-electron chi connectivity index (χ3n) is 3.82. The van der Waals surface area contributed by atoms with E-state index in [2.05, 4.69) is 33.0 Å². The van der Waals surface area contributed by atoms with Crippen LogP contribution in [0.1, 0.15) is 52.5 Å². The van der Waals surface area contributed by atoms with E-state index < -0.39 is 10.0 Å². The van der Waals surface area contributed by atoms with Crippen molar-refractivity contribution in [3.05, 3.63) is 29.8 Å². The third kappa shape index (κ3) is 6.51. The molecule has 0 unspecified atom stereocenters. The van der Waals surface area contributed by atoms with Crippen LogP contribution in [-0.4, -0.2) is 33.7 Å². The second kappa shape index (κ2) is 8.51. The molecule has 0 heterocycles. The fourth-order valence-corrected chi connectivity index (χ4v) is 3.24. The highest BCUT2D eigenvalue weighted by Crippen LogP contribution is 2.26. The molecule has 136 valence electrons. The Bertz CT molecular complexity index is 631. The second-order valence-electron chi connectivity index (χ2n) is 7.09. The summed E-state index contributed by atoms with van der Waals surface area (Å²) in [6, 6.07) is 7.48. The third-order valence-corrected chi connectivity index (χ3v) is 5.01. The van der Waals surface area contributed by atoms with Gasteiger partial charge in [-0.2, -0.15) is 0 Å². The minimum atomic E-state index is -3.43. The molecule has 0 saturated heterocycles. The molecule has 0 bridgehead atoms. The predicted octanol–water partition coefficient (Wildman–Crippen LogP) is 3.06. The number of nitrogens with one attached hydrogen (secondary N) is 1. The standard InChI is InChI=1S/C18H30N2O3S/c1-6-7-13-19-17(21)12-14-20(24(5,22)23)16-10-8-15(9-11-16)18(2,3)4/h8-11H,6-7,12-14H2,1-5H3,(H,19,21). The summed E-state index contributed by atoms with van der Waals surface area (Å²) in [6.45, 7) is 9.16. The average molecular weight is 355 g/mol. The average Bonchev–Trinajstić information content (AvgIpc) is 2.46. The van der Waals surface area contributed by atoms with Gasteiger partial charge in [-0.05, 0) is 29.5 Å². The Labute approximate surface area is 146 Å². The van der Waals surface area contributed by atoms with Gasteiger partial charge in [-0.15, -0.1) is 0 Å². The lowest BCUT2D eigenvalue weighted by Gasteiger charge is -2.24. The lowest BCUT2D eigenvalue weighted by molar-refractivity contribution is -0.120. The predicted molar refractivity (Wildman–Crippen MR) is 99.9 cm³/mol. The number of anilines is 1. The number of nitrogens with zero attached hydrogens (tertiary/aromatic N) is 1. The number of amides is 1. The van der Waals surface area contributed by atoms with Gasteiger partial charge in [-0.1, -0.05) is 46.2 Å². The zero-order valence-electron chi connectivity index (χ0n) is 15.4. The van der Waals surface area contributed by atoms with Gasteiger partial charge < -0.3 is 5.32 Å². The maximum Gasteiger partial charge on any atom is 0.232 e. The minimum absolute atomic E-state index is 0.00755. The fraction of sp³-hybridized carbons (Fsp3) is 0.611. The lowest BCUT2D eigenvalue weighted by Crippen LogP contribution is -2.35. The van der Waals surface area contributed by atoms with Gasteiger partial charge in [0, 0.05) is 19.5 Å². The van der Waals surface area contributed by atoms with Crippen molar-refractivity contribution in [2.24, 2.45) is 0 Å². The highest BCUT2D eigenvalue weighted by molar-refractivity contribution is 7.92. The summed E-state index contributed by atoms with van der Waals surface area (Å²) >= 11 is 0. The van der Waals surface area contributed by atoms with Gasteiger partial charge in [0.05, 0.1) is 11.9 Å². The molecular formula is C18H30N2O3S. The first-order valence-electron chi connectivity index (χ1n) is 8.40. The molecule has 0 fully saturated rings. The van der Waals surface area contributed by atoms with Crippen molar-refractivity contribution in [2.75, 3.05) is 23.7 Å². The van der Waals surface area contributed by atoms with Gasteiger partial charge in [0.2, 0.25) is 15.9 Å². The fourth-order valence-electron chi connectivity index (χ4n) is 2.31. The Morgan fingerprint density at radius 2 is 1.75 bits per heavy atom. The molecule has 0 radical (unpaired) electrons. The Morgan fingerprint density at radius 1 is 1.17 bits per heavy atom. The maximum absolute atomic E-state index is 12.1. The molecule has 1 rings (SSSR count). The Balaban J connectivity index is 2.82. The molecule has 6 heteroatoms. The molecule has 1 N–H and O–H groups in total. The first-order valence-corrected chi connectivity index (χ1v) is 10.3. The summed E-state index contributed by atoms with van der Waals surface area (Å²) in [5.74, 6) is -0.122. The molecule has 0 aliphatic carbocycles. The summed E-state index contributed by atoms with van der Waals surface area (Å²) < 4.78 is 25.5. The van der Waals surface area contributed by atoms with Crippen molar-refractivity contribution >= 4 is 21.6 Å². The number of carbonyl (C=O) groups is 1. The molecule has 5 nitrogen and oxygen atoms in total. The van der Waals surface area contributed by atoms with Crippen LogP contribution in [0, 0.1) is 0 Å². The molecule has 0 atom stereocenters. The minimum Gasteiger partial charge on any atom is -0.356 e. The summed E-state index contributed by atoms with van der Waals surface area (Å²) in [4.78, 5) is 11.8. The number of rotatable bonds is 8. The monoisotopic (exact) mass is 354 g/mol.